The largest absolute Gasteiger partial charge is 0.494 e. The van der Waals surface area contributed by atoms with Crippen LogP contribution in [0, 0.1) is 0 Å². The average Bonchev–Trinajstić information content (AvgIpc) is 3.13. The van der Waals surface area contributed by atoms with Gasteiger partial charge in [-0.2, -0.15) is 0 Å². The van der Waals surface area contributed by atoms with E-state index in [-0.39, 0.29) is 5.91 Å². The summed E-state index contributed by atoms with van der Waals surface area (Å²) in [5.74, 6) is 0.809. The zero-order valence-corrected chi connectivity index (χ0v) is 14.0. The van der Waals surface area contributed by atoms with E-state index in [1.165, 1.54) is 5.39 Å². The second kappa shape index (κ2) is 5.71. The summed E-state index contributed by atoms with van der Waals surface area (Å²) in [5, 5.41) is 1.18. The third-order valence-electron chi connectivity index (χ3n) is 4.54. The van der Waals surface area contributed by atoms with Crippen molar-refractivity contribution in [2.24, 2.45) is 7.05 Å². The van der Waals surface area contributed by atoms with Gasteiger partial charge in [0.05, 0.1) is 13.2 Å². The molecule has 4 nitrogen and oxygen atoms in total. The Bertz CT molecular complexity index is 927. The number of hydrogen-bond acceptors (Lipinski definition) is 2. The molecule has 0 bridgehead atoms. The van der Waals surface area contributed by atoms with E-state index in [2.05, 4.69) is 29.7 Å². The number of carbonyl (C=O) groups is 1. The molecular formula is C20H20N2O2. The van der Waals surface area contributed by atoms with Gasteiger partial charge in [0, 0.05) is 30.0 Å². The second-order valence-electron chi connectivity index (χ2n) is 6.23. The monoisotopic (exact) mass is 320 g/mol. The highest BCUT2D eigenvalue weighted by Crippen LogP contribution is 2.32. The normalized spacial score (nSPS) is 13.6. The number of nitrogens with zero attached hydrogens (tertiary/aromatic N) is 2. The Balaban J connectivity index is 1.67. The molecule has 0 spiro atoms. The molecule has 1 aromatic heterocycles. The first kappa shape index (κ1) is 14.8. The SMILES string of the molecule is CCCOc1ccc2c(c1)C(=O)N(c1ccc3ccn(C)c3c1)C2. The number of rotatable bonds is 4. The topological polar surface area (TPSA) is 34.5 Å². The molecule has 1 aliphatic rings. The Morgan fingerprint density at radius 1 is 1.12 bits per heavy atom. The summed E-state index contributed by atoms with van der Waals surface area (Å²) in [6, 6.07) is 14.1. The van der Waals surface area contributed by atoms with Crippen LogP contribution in [-0.4, -0.2) is 17.1 Å². The number of aromatic nitrogens is 1. The Morgan fingerprint density at radius 3 is 2.83 bits per heavy atom. The van der Waals surface area contributed by atoms with Crippen molar-refractivity contribution in [3.8, 4) is 5.75 Å². The van der Waals surface area contributed by atoms with Crippen LogP contribution >= 0.6 is 0 Å². The predicted molar refractivity (Wildman–Crippen MR) is 95.7 cm³/mol. The Hall–Kier alpha value is -2.75. The van der Waals surface area contributed by atoms with Gasteiger partial charge in [0.25, 0.3) is 5.91 Å². The molecule has 0 unspecified atom stereocenters. The Morgan fingerprint density at radius 2 is 2.00 bits per heavy atom. The van der Waals surface area contributed by atoms with Crippen LogP contribution in [0.5, 0.6) is 5.75 Å². The maximum atomic E-state index is 12.8. The molecule has 1 amide bonds. The van der Waals surface area contributed by atoms with Gasteiger partial charge in [-0.05, 0) is 47.7 Å². The minimum Gasteiger partial charge on any atom is -0.494 e. The van der Waals surface area contributed by atoms with E-state index in [4.69, 9.17) is 4.74 Å². The summed E-state index contributed by atoms with van der Waals surface area (Å²) in [6.45, 7) is 3.35. The number of anilines is 1. The first-order valence-corrected chi connectivity index (χ1v) is 8.30. The van der Waals surface area contributed by atoms with Crippen LogP contribution in [0.4, 0.5) is 5.69 Å². The molecule has 0 radical (unpaired) electrons. The molecule has 2 aromatic carbocycles. The van der Waals surface area contributed by atoms with E-state index in [9.17, 15) is 4.79 Å². The number of benzene rings is 2. The minimum absolute atomic E-state index is 0.0421. The van der Waals surface area contributed by atoms with Crippen LogP contribution in [0.25, 0.3) is 10.9 Å². The highest BCUT2D eigenvalue weighted by atomic mass is 16.5. The van der Waals surface area contributed by atoms with Crippen LogP contribution in [0.2, 0.25) is 0 Å². The van der Waals surface area contributed by atoms with Gasteiger partial charge in [0.1, 0.15) is 5.75 Å². The molecule has 0 atom stereocenters. The van der Waals surface area contributed by atoms with E-state index in [0.29, 0.717) is 13.2 Å². The van der Waals surface area contributed by atoms with Crippen LogP contribution < -0.4 is 9.64 Å². The third-order valence-corrected chi connectivity index (χ3v) is 4.54. The van der Waals surface area contributed by atoms with Crippen LogP contribution in [0.3, 0.4) is 0 Å². The molecule has 0 saturated heterocycles. The fourth-order valence-electron chi connectivity index (χ4n) is 3.22. The van der Waals surface area contributed by atoms with Crippen molar-refractivity contribution in [1.29, 1.82) is 0 Å². The maximum absolute atomic E-state index is 12.8. The number of carbonyl (C=O) groups excluding carboxylic acids is 1. The zero-order valence-electron chi connectivity index (χ0n) is 14.0. The Kier molecular flexibility index (Phi) is 3.53. The van der Waals surface area contributed by atoms with Crippen LogP contribution in [0.1, 0.15) is 29.3 Å². The zero-order chi connectivity index (χ0) is 16.7. The van der Waals surface area contributed by atoms with E-state index in [1.807, 2.05) is 42.4 Å². The van der Waals surface area contributed by atoms with Crippen molar-refractivity contribution in [2.45, 2.75) is 19.9 Å². The third kappa shape index (κ3) is 2.35. The molecule has 4 rings (SSSR count). The number of fused-ring (bicyclic) bond motifs is 2. The van der Waals surface area contributed by atoms with Crippen molar-refractivity contribution < 1.29 is 9.53 Å². The summed E-state index contributed by atoms with van der Waals surface area (Å²) in [4.78, 5) is 14.7. The lowest BCUT2D eigenvalue weighted by atomic mass is 10.1. The summed E-state index contributed by atoms with van der Waals surface area (Å²) in [5.41, 5.74) is 3.86. The van der Waals surface area contributed by atoms with Gasteiger partial charge in [-0.15, -0.1) is 0 Å². The van der Waals surface area contributed by atoms with Gasteiger partial charge in [-0.1, -0.05) is 19.1 Å². The van der Waals surface area contributed by atoms with E-state index < -0.39 is 0 Å². The molecule has 24 heavy (non-hydrogen) atoms. The van der Waals surface area contributed by atoms with Crippen LogP contribution in [-0.2, 0) is 13.6 Å². The molecule has 4 heteroatoms. The quantitative estimate of drug-likeness (QED) is 0.724. The molecule has 122 valence electrons. The summed E-state index contributed by atoms with van der Waals surface area (Å²) < 4.78 is 7.73. The average molecular weight is 320 g/mol. The van der Waals surface area contributed by atoms with Gasteiger partial charge in [-0.3, -0.25) is 4.79 Å². The first-order valence-electron chi connectivity index (χ1n) is 8.30. The maximum Gasteiger partial charge on any atom is 0.259 e. The smallest absolute Gasteiger partial charge is 0.259 e. The molecule has 0 aliphatic carbocycles. The standard InChI is InChI=1S/C20H20N2O2/c1-3-10-24-17-7-5-15-13-22(20(23)18(15)12-17)16-6-4-14-8-9-21(2)19(14)11-16/h4-9,11-12H,3,10,13H2,1-2H3. The van der Waals surface area contributed by atoms with Gasteiger partial charge in [0.2, 0.25) is 0 Å². The predicted octanol–water partition coefficient (Wildman–Crippen LogP) is 4.13. The molecule has 1 aliphatic heterocycles. The van der Waals surface area contributed by atoms with Crippen molar-refractivity contribution in [3.63, 3.8) is 0 Å². The number of hydrogen-bond donors (Lipinski definition) is 0. The molecular weight excluding hydrogens is 300 g/mol. The molecule has 0 fully saturated rings. The number of amides is 1. The molecule has 0 saturated carbocycles. The second-order valence-corrected chi connectivity index (χ2v) is 6.23. The fourth-order valence-corrected chi connectivity index (χ4v) is 3.22. The summed E-state index contributed by atoms with van der Waals surface area (Å²) in [7, 11) is 2.02. The molecule has 2 heterocycles. The van der Waals surface area contributed by atoms with Gasteiger partial charge >= 0.3 is 0 Å². The van der Waals surface area contributed by atoms with Crippen LogP contribution in [0.15, 0.2) is 48.7 Å². The highest BCUT2D eigenvalue weighted by molar-refractivity contribution is 6.10. The first-order chi connectivity index (χ1) is 11.7. The van der Waals surface area contributed by atoms with E-state index in [1.54, 1.807) is 0 Å². The minimum atomic E-state index is 0.0421. The number of ether oxygens (including phenoxy) is 1. The molecule has 0 N–H and O–H groups in total. The molecule has 3 aromatic rings. The van der Waals surface area contributed by atoms with E-state index in [0.717, 1.165) is 34.5 Å². The van der Waals surface area contributed by atoms with Crippen molar-refractivity contribution in [1.82, 2.24) is 4.57 Å². The van der Waals surface area contributed by atoms with Crippen molar-refractivity contribution in [2.75, 3.05) is 11.5 Å². The van der Waals surface area contributed by atoms with Crippen molar-refractivity contribution >= 4 is 22.5 Å². The summed E-state index contributed by atoms with van der Waals surface area (Å²) >= 11 is 0. The summed E-state index contributed by atoms with van der Waals surface area (Å²) in [6.07, 6.45) is 2.99. The Labute approximate surface area is 141 Å². The highest BCUT2D eigenvalue weighted by Gasteiger charge is 2.29. The van der Waals surface area contributed by atoms with Gasteiger partial charge < -0.3 is 14.2 Å². The van der Waals surface area contributed by atoms with Gasteiger partial charge in [-0.25, -0.2) is 0 Å². The van der Waals surface area contributed by atoms with E-state index >= 15 is 0 Å². The number of aryl methyl sites for hydroxylation is 1. The lowest BCUT2D eigenvalue weighted by Crippen LogP contribution is -2.22. The lowest BCUT2D eigenvalue weighted by Gasteiger charge is -2.16. The lowest BCUT2D eigenvalue weighted by molar-refractivity contribution is 0.0996. The fraction of sp³-hybridized carbons (Fsp3) is 0.250. The van der Waals surface area contributed by atoms with Crippen molar-refractivity contribution in [3.05, 3.63) is 59.8 Å². The van der Waals surface area contributed by atoms with Gasteiger partial charge in [0.15, 0.2) is 0 Å².